The van der Waals surface area contributed by atoms with Gasteiger partial charge < -0.3 is 10.5 Å². The standard InChI is InChI=1S/C17H18FN7O2/c1-9-13(6-11(18)7-20-9)10(2)27-17(26)22-16-15(23-24-25(16)3)14-5-4-12(19)8-21-14/h4-8,10H,19H2,1-3H3,(H,22,26)/t10-/m1/s1. The molecular weight excluding hydrogens is 353 g/mol. The first kappa shape index (κ1) is 18.2. The van der Waals surface area contributed by atoms with Crippen molar-refractivity contribution in [3.63, 3.8) is 0 Å². The average molecular weight is 371 g/mol. The molecule has 0 saturated heterocycles. The number of nitrogens with two attached hydrogens (primary N) is 1. The third-order valence-corrected chi connectivity index (χ3v) is 3.89. The van der Waals surface area contributed by atoms with Crippen LogP contribution in [0.4, 0.5) is 20.7 Å². The predicted octanol–water partition coefficient (Wildman–Crippen LogP) is 2.61. The van der Waals surface area contributed by atoms with Crippen molar-refractivity contribution in [2.75, 3.05) is 11.1 Å². The fourth-order valence-corrected chi connectivity index (χ4v) is 2.50. The maximum atomic E-state index is 13.4. The number of aryl methyl sites for hydroxylation is 2. The maximum absolute atomic E-state index is 13.4. The van der Waals surface area contributed by atoms with E-state index in [-0.39, 0.29) is 0 Å². The Morgan fingerprint density at radius 3 is 2.81 bits per heavy atom. The van der Waals surface area contributed by atoms with Crippen LogP contribution in [-0.4, -0.2) is 31.1 Å². The molecule has 3 N–H and O–H groups in total. The third kappa shape index (κ3) is 4.00. The van der Waals surface area contributed by atoms with E-state index in [4.69, 9.17) is 10.5 Å². The number of pyridine rings is 2. The van der Waals surface area contributed by atoms with Crippen LogP contribution in [0.2, 0.25) is 0 Å². The van der Waals surface area contributed by atoms with Crippen LogP contribution >= 0.6 is 0 Å². The molecule has 27 heavy (non-hydrogen) atoms. The van der Waals surface area contributed by atoms with Gasteiger partial charge in [-0.1, -0.05) is 5.21 Å². The van der Waals surface area contributed by atoms with Crippen molar-refractivity contribution in [1.29, 1.82) is 0 Å². The largest absolute Gasteiger partial charge is 0.441 e. The molecule has 0 aliphatic rings. The third-order valence-electron chi connectivity index (χ3n) is 3.89. The van der Waals surface area contributed by atoms with Gasteiger partial charge in [-0.3, -0.25) is 15.3 Å². The normalized spacial score (nSPS) is 11.9. The van der Waals surface area contributed by atoms with Crippen LogP contribution in [0.3, 0.4) is 0 Å². The predicted molar refractivity (Wildman–Crippen MR) is 96.1 cm³/mol. The van der Waals surface area contributed by atoms with Gasteiger partial charge in [0.1, 0.15) is 11.9 Å². The highest BCUT2D eigenvalue weighted by Gasteiger charge is 2.20. The minimum Gasteiger partial charge on any atom is -0.441 e. The highest BCUT2D eigenvalue weighted by molar-refractivity contribution is 5.88. The summed E-state index contributed by atoms with van der Waals surface area (Å²) >= 11 is 0. The molecule has 0 fully saturated rings. The fraction of sp³-hybridized carbons (Fsp3) is 0.235. The Morgan fingerprint density at radius 1 is 1.33 bits per heavy atom. The number of hydrogen-bond donors (Lipinski definition) is 2. The molecule has 1 amide bonds. The number of amides is 1. The fourth-order valence-electron chi connectivity index (χ4n) is 2.50. The summed E-state index contributed by atoms with van der Waals surface area (Å²) in [6.07, 6.45) is 1.15. The Morgan fingerprint density at radius 2 is 2.11 bits per heavy atom. The van der Waals surface area contributed by atoms with Crippen molar-refractivity contribution in [3.05, 3.63) is 47.7 Å². The number of aromatic nitrogens is 5. The average Bonchev–Trinajstić information content (AvgIpc) is 2.98. The first-order valence-electron chi connectivity index (χ1n) is 8.06. The lowest BCUT2D eigenvalue weighted by molar-refractivity contribution is 0.120. The molecule has 0 saturated carbocycles. The Hall–Kier alpha value is -3.56. The van der Waals surface area contributed by atoms with E-state index >= 15 is 0 Å². The van der Waals surface area contributed by atoms with Crippen LogP contribution in [-0.2, 0) is 11.8 Å². The molecule has 0 spiro atoms. The molecule has 1 atom stereocenters. The van der Waals surface area contributed by atoms with Gasteiger partial charge in [0.05, 0.1) is 23.8 Å². The molecular formula is C17H18FN7O2. The van der Waals surface area contributed by atoms with Crippen LogP contribution in [0.1, 0.15) is 24.3 Å². The molecule has 0 aliphatic heterocycles. The van der Waals surface area contributed by atoms with Gasteiger partial charge >= 0.3 is 6.09 Å². The number of carbonyl (C=O) groups is 1. The SMILES string of the molecule is Cc1ncc(F)cc1[C@@H](C)OC(=O)Nc1c(-c2ccc(N)cn2)nnn1C. The van der Waals surface area contributed by atoms with Crippen molar-refractivity contribution in [1.82, 2.24) is 25.0 Å². The van der Waals surface area contributed by atoms with E-state index in [1.807, 2.05) is 0 Å². The minimum atomic E-state index is -0.742. The zero-order valence-electron chi connectivity index (χ0n) is 15.0. The van der Waals surface area contributed by atoms with E-state index < -0.39 is 18.0 Å². The summed E-state index contributed by atoms with van der Waals surface area (Å²) in [6.45, 7) is 3.34. The van der Waals surface area contributed by atoms with Crippen LogP contribution < -0.4 is 11.1 Å². The van der Waals surface area contributed by atoms with E-state index in [0.717, 1.165) is 6.20 Å². The van der Waals surface area contributed by atoms with E-state index in [2.05, 4.69) is 25.6 Å². The molecule has 3 aromatic heterocycles. The number of nitrogens with zero attached hydrogens (tertiary/aromatic N) is 5. The van der Waals surface area contributed by atoms with E-state index in [1.165, 1.54) is 16.9 Å². The summed E-state index contributed by atoms with van der Waals surface area (Å²) in [5.74, 6) is -0.197. The lowest BCUT2D eigenvalue weighted by Gasteiger charge is -2.16. The van der Waals surface area contributed by atoms with Crippen LogP contribution in [0.5, 0.6) is 0 Å². The van der Waals surface area contributed by atoms with Gasteiger partial charge in [-0.2, -0.15) is 0 Å². The zero-order valence-corrected chi connectivity index (χ0v) is 15.0. The molecule has 3 rings (SSSR count). The van der Waals surface area contributed by atoms with Crippen LogP contribution in [0.25, 0.3) is 11.4 Å². The molecule has 3 aromatic rings. The van der Waals surface area contributed by atoms with Gasteiger partial charge in [-0.25, -0.2) is 13.9 Å². The number of hydrogen-bond acceptors (Lipinski definition) is 7. The summed E-state index contributed by atoms with van der Waals surface area (Å²) in [6, 6.07) is 4.62. The molecule has 3 heterocycles. The van der Waals surface area contributed by atoms with Crippen molar-refractivity contribution >= 4 is 17.6 Å². The lowest BCUT2D eigenvalue weighted by atomic mass is 10.1. The topological polar surface area (TPSA) is 121 Å². The summed E-state index contributed by atoms with van der Waals surface area (Å²) in [7, 11) is 1.62. The van der Waals surface area contributed by atoms with Crippen molar-refractivity contribution < 1.29 is 13.9 Å². The lowest BCUT2D eigenvalue weighted by Crippen LogP contribution is -2.19. The highest BCUT2D eigenvalue weighted by Crippen LogP contribution is 2.25. The van der Waals surface area contributed by atoms with Crippen molar-refractivity contribution in [3.8, 4) is 11.4 Å². The number of carbonyl (C=O) groups excluding carboxylic acids is 1. The summed E-state index contributed by atoms with van der Waals surface area (Å²) in [4.78, 5) is 20.4. The second kappa shape index (κ2) is 7.36. The Balaban J connectivity index is 1.77. The number of nitrogen functional groups attached to an aromatic ring is 1. The molecule has 0 aromatic carbocycles. The number of halogens is 1. The molecule has 0 unspecified atom stereocenters. The number of anilines is 2. The zero-order chi connectivity index (χ0) is 19.6. The monoisotopic (exact) mass is 371 g/mol. The molecule has 140 valence electrons. The molecule has 9 nitrogen and oxygen atoms in total. The quantitative estimate of drug-likeness (QED) is 0.723. The van der Waals surface area contributed by atoms with Crippen molar-refractivity contribution in [2.24, 2.45) is 7.05 Å². The number of rotatable bonds is 4. The first-order valence-corrected chi connectivity index (χ1v) is 8.06. The highest BCUT2D eigenvalue weighted by atomic mass is 19.1. The van der Waals surface area contributed by atoms with Crippen LogP contribution in [0.15, 0.2) is 30.6 Å². The summed E-state index contributed by atoms with van der Waals surface area (Å²) in [5.41, 5.74) is 8.05. The molecule has 10 heteroatoms. The first-order chi connectivity index (χ1) is 12.8. The smallest absolute Gasteiger partial charge is 0.413 e. The van der Waals surface area contributed by atoms with Gasteiger partial charge in [0.15, 0.2) is 11.5 Å². The van der Waals surface area contributed by atoms with Gasteiger partial charge in [0.2, 0.25) is 0 Å². The minimum absolute atomic E-state index is 0.304. The van der Waals surface area contributed by atoms with Gasteiger partial charge in [-0.15, -0.1) is 5.10 Å². The second-order valence-electron chi connectivity index (χ2n) is 5.89. The molecule has 0 aliphatic carbocycles. The number of nitrogens with one attached hydrogen (secondary N) is 1. The molecule has 0 bridgehead atoms. The van der Waals surface area contributed by atoms with Gasteiger partial charge in [0, 0.05) is 18.3 Å². The van der Waals surface area contributed by atoms with Gasteiger partial charge in [0.25, 0.3) is 0 Å². The van der Waals surface area contributed by atoms with Crippen LogP contribution in [0, 0.1) is 12.7 Å². The van der Waals surface area contributed by atoms with Crippen molar-refractivity contribution in [2.45, 2.75) is 20.0 Å². The Labute approximate surface area is 154 Å². The summed E-state index contributed by atoms with van der Waals surface area (Å²) in [5, 5.41) is 10.5. The number of ether oxygens (including phenoxy) is 1. The Kier molecular flexibility index (Phi) is 4.97. The van der Waals surface area contributed by atoms with Gasteiger partial charge in [-0.05, 0) is 32.0 Å². The second-order valence-corrected chi connectivity index (χ2v) is 5.89. The van der Waals surface area contributed by atoms with E-state index in [0.29, 0.717) is 34.2 Å². The molecule has 0 radical (unpaired) electrons. The Bertz CT molecular complexity index is 972. The van der Waals surface area contributed by atoms with E-state index in [1.54, 1.807) is 33.0 Å². The summed E-state index contributed by atoms with van der Waals surface area (Å²) < 4.78 is 20.1. The van der Waals surface area contributed by atoms with E-state index in [9.17, 15) is 9.18 Å². The maximum Gasteiger partial charge on any atom is 0.413 e.